The standard InChI is InChI=1S/C24H20BrN/c25-24(18-16-21(17-19-24)20-10-4-1-5-11-20)26(22-12-6-2-7-13-22)23-14-8-3-9-15-23/h1-18H,19H2/t24-/m0/s1. The highest BCUT2D eigenvalue weighted by atomic mass is 79.9. The fourth-order valence-corrected chi connectivity index (χ4v) is 4.05. The predicted octanol–water partition coefficient (Wildman–Crippen LogP) is 6.96. The molecule has 1 atom stereocenters. The van der Waals surface area contributed by atoms with E-state index in [0.29, 0.717) is 0 Å². The molecule has 26 heavy (non-hydrogen) atoms. The zero-order valence-corrected chi connectivity index (χ0v) is 16.0. The van der Waals surface area contributed by atoms with E-state index in [1.54, 1.807) is 0 Å². The van der Waals surface area contributed by atoms with Crippen molar-refractivity contribution < 1.29 is 0 Å². The molecule has 0 N–H and O–H groups in total. The average molecular weight is 402 g/mol. The summed E-state index contributed by atoms with van der Waals surface area (Å²) < 4.78 is -0.298. The van der Waals surface area contributed by atoms with Gasteiger partial charge < -0.3 is 4.90 Å². The maximum atomic E-state index is 4.03. The van der Waals surface area contributed by atoms with Crippen molar-refractivity contribution in [2.24, 2.45) is 0 Å². The van der Waals surface area contributed by atoms with E-state index in [9.17, 15) is 0 Å². The zero-order chi connectivity index (χ0) is 17.8. The first kappa shape index (κ1) is 16.9. The highest BCUT2D eigenvalue weighted by molar-refractivity contribution is 9.10. The highest BCUT2D eigenvalue weighted by Gasteiger charge is 2.33. The summed E-state index contributed by atoms with van der Waals surface area (Å²) in [4.78, 5) is 2.35. The minimum Gasteiger partial charge on any atom is -0.322 e. The summed E-state index contributed by atoms with van der Waals surface area (Å²) in [6.07, 6.45) is 7.66. The molecule has 3 aromatic carbocycles. The third-order valence-electron chi connectivity index (χ3n) is 4.63. The van der Waals surface area contributed by atoms with Crippen molar-refractivity contribution in [2.45, 2.75) is 10.9 Å². The molecule has 0 spiro atoms. The van der Waals surface area contributed by atoms with Gasteiger partial charge in [-0.1, -0.05) is 94.8 Å². The number of hydrogen-bond acceptors (Lipinski definition) is 1. The number of allylic oxidation sites excluding steroid dienone is 2. The van der Waals surface area contributed by atoms with Gasteiger partial charge in [-0.05, 0) is 41.5 Å². The minimum absolute atomic E-state index is 0.298. The Balaban J connectivity index is 1.71. The summed E-state index contributed by atoms with van der Waals surface area (Å²) in [5.74, 6) is 0. The third-order valence-corrected chi connectivity index (χ3v) is 5.58. The molecule has 1 aliphatic carbocycles. The van der Waals surface area contributed by atoms with E-state index < -0.39 is 0 Å². The van der Waals surface area contributed by atoms with Gasteiger partial charge in [-0.25, -0.2) is 0 Å². The van der Waals surface area contributed by atoms with Crippen molar-refractivity contribution in [1.29, 1.82) is 0 Å². The summed E-state index contributed by atoms with van der Waals surface area (Å²) in [5, 5.41) is 0. The molecule has 0 unspecified atom stereocenters. The maximum Gasteiger partial charge on any atom is 0.122 e. The Bertz CT molecular complexity index is 877. The van der Waals surface area contributed by atoms with Crippen molar-refractivity contribution in [3.8, 4) is 0 Å². The van der Waals surface area contributed by atoms with Gasteiger partial charge in [0.25, 0.3) is 0 Å². The van der Waals surface area contributed by atoms with Crippen molar-refractivity contribution in [2.75, 3.05) is 4.90 Å². The molecule has 3 aromatic rings. The van der Waals surface area contributed by atoms with E-state index in [0.717, 1.165) is 17.8 Å². The Labute approximate surface area is 163 Å². The van der Waals surface area contributed by atoms with Crippen LogP contribution >= 0.6 is 15.9 Å². The second kappa shape index (κ2) is 7.35. The molecule has 1 nitrogen and oxygen atoms in total. The van der Waals surface area contributed by atoms with Crippen molar-refractivity contribution in [1.82, 2.24) is 0 Å². The maximum absolute atomic E-state index is 4.03. The number of alkyl halides is 1. The van der Waals surface area contributed by atoms with Crippen LogP contribution in [0.2, 0.25) is 0 Å². The van der Waals surface area contributed by atoms with Gasteiger partial charge in [0, 0.05) is 17.8 Å². The van der Waals surface area contributed by atoms with Gasteiger partial charge in [0.2, 0.25) is 0 Å². The monoisotopic (exact) mass is 401 g/mol. The highest BCUT2D eigenvalue weighted by Crippen LogP contribution is 2.43. The van der Waals surface area contributed by atoms with Gasteiger partial charge in [0.05, 0.1) is 0 Å². The normalized spacial score (nSPS) is 19.0. The van der Waals surface area contributed by atoms with Gasteiger partial charge in [0.1, 0.15) is 4.45 Å². The predicted molar refractivity (Wildman–Crippen MR) is 115 cm³/mol. The number of nitrogens with zero attached hydrogens (tertiary/aromatic N) is 1. The zero-order valence-electron chi connectivity index (χ0n) is 14.4. The molecule has 0 radical (unpaired) electrons. The Morgan fingerprint density at radius 3 is 1.65 bits per heavy atom. The Kier molecular flexibility index (Phi) is 4.77. The lowest BCUT2D eigenvalue weighted by Gasteiger charge is -2.40. The van der Waals surface area contributed by atoms with Crippen molar-refractivity contribution in [3.63, 3.8) is 0 Å². The lowest BCUT2D eigenvalue weighted by molar-refractivity contribution is 0.741. The van der Waals surface area contributed by atoms with Crippen LogP contribution in [0.4, 0.5) is 11.4 Å². The lowest BCUT2D eigenvalue weighted by atomic mass is 9.95. The number of halogens is 1. The molecule has 0 fully saturated rings. The van der Waals surface area contributed by atoms with Gasteiger partial charge >= 0.3 is 0 Å². The number of para-hydroxylation sites is 2. The van der Waals surface area contributed by atoms with Gasteiger partial charge in [-0.2, -0.15) is 0 Å². The summed E-state index contributed by atoms with van der Waals surface area (Å²) in [6, 6.07) is 31.6. The molecular weight excluding hydrogens is 382 g/mol. The number of rotatable bonds is 4. The SMILES string of the molecule is Br[C@]1(N(c2ccccc2)c2ccccc2)C=CC(c2ccccc2)=CC1. The van der Waals surface area contributed by atoms with Crippen LogP contribution in [0.3, 0.4) is 0 Å². The number of anilines is 2. The number of benzene rings is 3. The lowest BCUT2D eigenvalue weighted by Crippen LogP contribution is -2.39. The topological polar surface area (TPSA) is 3.24 Å². The molecule has 4 rings (SSSR count). The molecule has 0 heterocycles. The molecule has 0 aromatic heterocycles. The van der Waals surface area contributed by atoms with E-state index in [1.165, 1.54) is 11.1 Å². The van der Waals surface area contributed by atoms with E-state index in [2.05, 4.69) is 130 Å². The van der Waals surface area contributed by atoms with Crippen LogP contribution in [-0.2, 0) is 0 Å². The van der Waals surface area contributed by atoms with Crippen LogP contribution in [0, 0.1) is 0 Å². The van der Waals surface area contributed by atoms with Crippen molar-refractivity contribution >= 4 is 32.9 Å². The summed E-state index contributed by atoms with van der Waals surface area (Å²) >= 11 is 4.03. The summed E-state index contributed by atoms with van der Waals surface area (Å²) in [6.45, 7) is 0. The van der Waals surface area contributed by atoms with Crippen LogP contribution in [0.5, 0.6) is 0 Å². The van der Waals surface area contributed by atoms with Gasteiger partial charge in [0.15, 0.2) is 0 Å². The fraction of sp³-hybridized carbons (Fsp3) is 0.0833. The molecule has 0 amide bonds. The minimum atomic E-state index is -0.298. The van der Waals surface area contributed by atoms with E-state index >= 15 is 0 Å². The van der Waals surface area contributed by atoms with E-state index in [-0.39, 0.29) is 4.45 Å². The second-order valence-corrected chi connectivity index (χ2v) is 7.76. The molecule has 2 heteroatoms. The van der Waals surface area contributed by atoms with Crippen LogP contribution in [0.15, 0.2) is 109 Å². The Morgan fingerprint density at radius 2 is 1.19 bits per heavy atom. The van der Waals surface area contributed by atoms with Crippen LogP contribution in [-0.4, -0.2) is 4.45 Å². The fourth-order valence-electron chi connectivity index (χ4n) is 3.35. The van der Waals surface area contributed by atoms with Crippen LogP contribution in [0.25, 0.3) is 5.57 Å². The van der Waals surface area contributed by atoms with Gasteiger partial charge in [-0.15, -0.1) is 0 Å². The molecule has 1 aliphatic rings. The van der Waals surface area contributed by atoms with Gasteiger partial charge in [-0.3, -0.25) is 0 Å². The summed E-state index contributed by atoms with van der Waals surface area (Å²) in [5.41, 5.74) is 4.85. The molecular formula is C24H20BrN. The number of hydrogen-bond donors (Lipinski definition) is 0. The molecule has 128 valence electrons. The molecule has 0 aliphatic heterocycles. The first-order chi connectivity index (χ1) is 12.8. The van der Waals surface area contributed by atoms with E-state index in [4.69, 9.17) is 0 Å². The first-order valence-corrected chi connectivity index (χ1v) is 9.60. The van der Waals surface area contributed by atoms with Crippen molar-refractivity contribution in [3.05, 3.63) is 115 Å². The van der Waals surface area contributed by atoms with Crippen LogP contribution in [0.1, 0.15) is 12.0 Å². The summed E-state index contributed by atoms with van der Waals surface area (Å²) in [7, 11) is 0. The third kappa shape index (κ3) is 3.38. The smallest absolute Gasteiger partial charge is 0.122 e. The average Bonchev–Trinajstić information content (AvgIpc) is 2.71. The quantitative estimate of drug-likeness (QED) is 0.337. The second-order valence-electron chi connectivity index (χ2n) is 6.39. The van der Waals surface area contributed by atoms with E-state index in [1.807, 2.05) is 0 Å². The van der Waals surface area contributed by atoms with Crippen LogP contribution < -0.4 is 4.90 Å². The first-order valence-electron chi connectivity index (χ1n) is 8.80. The Morgan fingerprint density at radius 1 is 0.692 bits per heavy atom. The largest absolute Gasteiger partial charge is 0.322 e. The molecule has 0 bridgehead atoms. The Hall–Kier alpha value is -2.58. The molecule has 0 saturated carbocycles. The molecule has 0 saturated heterocycles.